The van der Waals surface area contributed by atoms with Gasteiger partial charge in [0.2, 0.25) is 0 Å². The van der Waals surface area contributed by atoms with Crippen LogP contribution in [0.15, 0.2) is 33.5 Å². The number of phenols is 1. The van der Waals surface area contributed by atoms with Gasteiger partial charge in [-0.3, -0.25) is 0 Å². The van der Waals surface area contributed by atoms with Crippen LogP contribution in [0.3, 0.4) is 0 Å². The molecule has 0 bridgehead atoms. The topological polar surface area (TPSA) is 115 Å². The van der Waals surface area contributed by atoms with E-state index < -0.39 is 17.6 Å². The van der Waals surface area contributed by atoms with Crippen LogP contribution in [0.25, 0.3) is 11.0 Å². The average Bonchev–Trinajstić information content (AvgIpc) is 2.27. The number of rotatable bonds is 3. The van der Waals surface area contributed by atoms with Gasteiger partial charge >= 0.3 is 11.6 Å². The lowest BCUT2D eigenvalue weighted by atomic mass is 10.0. The van der Waals surface area contributed by atoms with Crippen LogP contribution in [-0.2, 0) is 11.2 Å². The molecule has 0 aliphatic rings. The Morgan fingerprint density at radius 3 is 2.78 bits per heavy atom. The molecule has 0 aliphatic carbocycles. The quantitative estimate of drug-likeness (QED) is 0.649. The lowest BCUT2D eigenvalue weighted by molar-refractivity contribution is -0.407. The van der Waals surface area contributed by atoms with Crippen LogP contribution in [0.2, 0.25) is 0 Å². The maximum atomic E-state index is 11.4. The molecule has 6 nitrogen and oxygen atoms in total. The number of benzene rings is 1. The van der Waals surface area contributed by atoms with E-state index in [-0.39, 0.29) is 17.8 Å². The molecule has 0 aliphatic heterocycles. The number of carboxylic acid groups (broad SMARTS) is 1. The first-order chi connectivity index (χ1) is 8.47. The predicted molar refractivity (Wildman–Crippen MR) is 62.2 cm³/mol. The van der Waals surface area contributed by atoms with Crippen LogP contribution in [0.1, 0.15) is 5.56 Å². The summed E-state index contributed by atoms with van der Waals surface area (Å²) in [5, 5.41) is 18.7. The van der Waals surface area contributed by atoms with E-state index in [0.29, 0.717) is 10.9 Å². The minimum Gasteiger partial charge on any atom is -0.508 e. The fraction of sp³-hybridized carbons (Fsp3) is 0.167. The van der Waals surface area contributed by atoms with Crippen LogP contribution >= 0.6 is 0 Å². The summed E-state index contributed by atoms with van der Waals surface area (Å²) in [6.07, 6.45) is 0.127. The summed E-state index contributed by atoms with van der Waals surface area (Å²) in [5.74, 6) is -1.05. The van der Waals surface area contributed by atoms with E-state index in [1.807, 2.05) is 0 Å². The van der Waals surface area contributed by atoms with Gasteiger partial charge in [0.15, 0.2) is 6.04 Å². The van der Waals surface area contributed by atoms with Crippen molar-refractivity contribution in [2.75, 3.05) is 0 Å². The molecule has 2 aromatic rings. The molecular weight excluding hydrogens is 238 g/mol. The Bertz CT molecular complexity index is 661. The number of fused-ring (bicyclic) bond motifs is 1. The Labute approximate surface area is 101 Å². The van der Waals surface area contributed by atoms with E-state index >= 15 is 0 Å². The van der Waals surface area contributed by atoms with E-state index in [0.717, 1.165) is 0 Å². The molecule has 2 rings (SSSR count). The van der Waals surface area contributed by atoms with Crippen molar-refractivity contribution in [3.05, 3.63) is 40.2 Å². The number of aromatic hydroxyl groups is 1. The van der Waals surface area contributed by atoms with E-state index in [4.69, 9.17) is 9.52 Å². The van der Waals surface area contributed by atoms with Gasteiger partial charge < -0.3 is 20.4 Å². The maximum absolute atomic E-state index is 11.4. The van der Waals surface area contributed by atoms with Gasteiger partial charge in [-0.1, -0.05) is 0 Å². The zero-order valence-corrected chi connectivity index (χ0v) is 9.42. The lowest BCUT2D eigenvalue weighted by Crippen LogP contribution is -2.66. The van der Waals surface area contributed by atoms with Crippen molar-refractivity contribution in [1.29, 1.82) is 0 Å². The molecule has 18 heavy (non-hydrogen) atoms. The van der Waals surface area contributed by atoms with Gasteiger partial charge in [-0.2, -0.15) is 0 Å². The Morgan fingerprint density at radius 1 is 1.39 bits per heavy atom. The molecule has 0 amide bonds. The Morgan fingerprint density at radius 2 is 2.11 bits per heavy atom. The van der Waals surface area contributed by atoms with Gasteiger partial charge in [-0.05, 0) is 17.7 Å². The summed E-state index contributed by atoms with van der Waals surface area (Å²) >= 11 is 0. The third-order valence-corrected chi connectivity index (χ3v) is 2.63. The molecule has 0 spiro atoms. The smallest absolute Gasteiger partial charge is 0.362 e. The molecule has 0 saturated carbocycles. The minimum atomic E-state index is -1.03. The van der Waals surface area contributed by atoms with Crippen molar-refractivity contribution < 1.29 is 25.2 Å². The van der Waals surface area contributed by atoms with Gasteiger partial charge in [0.1, 0.15) is 11.3 Å². The molecule has 0 saturated heterocycles. The van der Waals surface area contributed by atoms with E-state index in [9.17, 15) is 14.7 Å². The first-order valence-electron chi connectivity index (χ1n) is 5.29. The molecular formula is C12H12NO5+. The van der Waals surface area contributed by atoms with Crippen LogP contribution in [-0.4, -0.2) is 22.2 Å². The second-order valence-corrected chi connectivity index (χ2v) is 4.01. The fourth-order valence-electron chi connectivity index (χ4n) is 1.74. The Hall–Kier alpha value is -2.34. The first-order valence-corrected chi connectivity index (χ1v) is 5.29. The van der Waals surface area contributed by atoms with Crippen molar-refractivity contribution in [1.82, 2.24) is 0 Å². The number of hydrogen-bond acceptors (Lipinski definition) is 4. The average molecular weight is 250 g/mol. The van der Waals surface area contributed by atoms with Gasteiger partial charge in [0.25, 0.3) is 0 Å². The van der Waals surface area contributed by atoms with Gasteiger partial charge in [-0.15, -0.1) is 0 Å². The third-order valence-electron chi connectivity index (χ3n) is 2.63. The number of quaternary nitrogens is 1. The summed E-state index contributed by atoms with van der Waals surface area (Å²) in [4.78, 5) is 22.1. The monoisotopic (exact) mass is 250 g/mol. The van der Waals surface area contributed by atoms with E-state index in [1.165, 1.54) is 18.2 Å². The zero-order valence-electron chi connectivity index (χ0n) is 9.42. The zero-order chi connectivity index (χ0) is 13.3. The van der Waals surface area contributed by atoms with Crippen LogP contribution in [0, 0.1) is 0 Å². The Balaban J connectivity index is 2.56. The SMILES string of the molecule is [NH3+][C@@H](Cc1cc(=O)oc2cc(O)ccc12)C(=O)O. The fourth-order valence-corrected chi connectivity index (χ4v) is 1.74. The third kappa shape index (κ3) is 2.33. The second kappa shape index (κ2) is 4.50. The molecule has 5 N–H and O–H groups in total. The molecule has 1 aromatic heterocycles. The van der Waals surface area contributed by atoms with E-state index in [1.54, 1.807) is 6.07 Å². The van der Waals surface area contributed by atoms with Crippen LogP contribution in [0.4, 0.5) is 0 Å². The highest BCUT2D eigenvalue weighted by atomic mass is 16.4. The van der Waals surface area contributed by atoms with Crippen LogP contribution < -0.4 is 11.4 Å². The first kappa shape index (κ1) is 12.1. The maximum Gasteiger partial charge on any atom is 0.362 e. The molecule has 0 radical (unpaired) electrons. The standard InChI is InChI=1S/C12H11NO5/c13-9(12(16)17)3-6-4-11(15)18-10-5-7(14)1-2-8(6)10/h1-2,4-5,9,14H,3,13H2,(H,16,17)/p+1/t9-/m0/s1. The molecule has 1 aromatic carbocycles. The molecule has 0 fully saturated rings. The van der Waals surface area contributed by atoms with Gasteiger partial charge in [-0.25, -0.2) is 9.59 Å². The summed E-state index contributed by atoms with van der Waals surface area (Å²) in [5.41, 5.74) is 3.70. The van der Waals surface area contributed by atoms with Crippen molar-refractivity contribution in [3.8, 4) is 5.75 Å². The number of aliphatic carboxylic acids is 1. The highest BCUT2D eigenvalue weighted by Gasteiger charge is 2.18. The van der Waals surface area contributed by atoms with E-state index in [2.05, 4.69) is 5.73 Å². The summed E-state index contributed by atoms with van der Waals surface area (Å²) in [6.45, 7) is 0. The summed E-state index contributed by atoms with van der Waals surface area (Å²) in [6, 6.07) is 4.76. The number of hydrogen-bond donors (Lipinski definition) is 3. The molecule has 1 heterocycles. The highest BCUT2D eigenvalue weighted by molar-refractivity contribution is 5.82. The lowest BCUT2D eigenvalue weighted by Gasteiger charge is -2.06. The second-order valence-electron chi connectivity index (χ2n) is 4.01. The van der Waals surface area contributed by atoms with Gasteiger partial charge in [0, 0.05) is 23.9 Å². The summed E-state index contributed by atoms with van der Waals surface area (Å²) < 4.78 is 4.94. The van der Waals surface area contributed by atoms with Gasteiger partial charge in [0.05, 0.1) is 0 Å². The highest BCUT2D eigenvalue weighted by Crippen LogP contribution is 2.22. The van der Waals surface area contributed by atoms with Crippen molar-refractivity contribution >= 4 is 16.9 Å². The molecule has 0 unspecified atom stereocenters. The molecule has 1 atom stereocenters. The number of carbonyl (C=O) groups is 1. The van der Waals surface area contributed by atoms with Crippen LogP contribution in [0.5, 0.6) is 5.75 Å². The van der Waals surface area contributed by atoms with Crippen molar-refractivity contribution in [2.24, 2.45) is 0 Å². The molecule has 6 heteroatoms. The number of phenolic OH excluding ortho intramolecular Hbond substituents is 1. The predicted octanol–water partition coefficient (Wildman–Crippen LogP) is -0.264. The summed E-state index contributed by atoms with van der Waals surface area (Å²) in [7, 11) is 0. The molecule has 94 valence electrons. The normalized spacial score (nSPS) is 12.5. The minimum absolute atomic E-state index is 0.0211. The van der Waals surface area contributed by atoms with Crippen molar-refractivity contribution in [2.45, 2.75) is 12.5 Å². The largest absolute Gasteiger partial charge is 0.508 e. The van der Waals surface area contributed by atoms with Crippen molar-refractivity contribution in [3.63, 3.8) is 0 Å². The number of carboxylic acids is 1. The Kier molecular flexibility index (Phi) is 3.03.